The zero-order valence-electron chi connectivity index (χ0n) is 10.7. The molecule has 0 aliphatic heterocycles. The zero-order chi connectivity index (χ0) is 13.7. The summed E-state index contributed by atoms with van der Waals surface area (Å²) in [5.74, 6) is -0.722. The Morgan fingerprint density at radius 1 is 1.33 bits per heavy atom. The summed E-state index contributed by atoms with van der Waals surface area (Å²) < 4.78 is 0. The number of aryl methyl sites for hydroxylation is 1. The number of hydrogen-bond acceptors (Lipinski definition) is 3. The van der Waals surface area contributed by atoms with Crippen molar-refractivity contribution in [2.24, 2.45) is 11.5 Å². The van der Waals surface area contributed by atoms with Crippen LogP contribution in [0.5, 0.6) is 0 Å². The summed E-state index contributed by atoms with van der Waals surface area (Å²) in [7, 11) is 1.54. The Morgan fingerprint density at radius 3 is 2.50 bits per heavy atom. The third-order valence-corrected chi connectivity index (χ3v) is 2.80. The quantitative estimate of drug-likeness (QED) is 0.788. The van der Waals surface area contributed by atoms with Crippen molar-refractivity contribution in [3.05, 3.63) is 35.4 Å². The molecule has 0 aromatic heterocycles. The third kappa shape index (κ3) is 3.85. The van der Waals surface area contributed by atoms with Gasteiger partial charge < -0.3 is 16.4 Å². The van der Waals surface area contributed by atoms with Gasteiger partial charge in [-0.15, -0.1) is 0 Å². The van der Waals surface area contributed by atoms with Crippen LogP contribution < -0.4 is 11.5 Å². The molecule has 1 aromatic carbocycles. The molecule has 5 heteroatoms. The number of benzene rings is 1. The number of nitrogens with two attached hydrogens (primary N) is 2. The first-order valence-corrected chi connectivity index (χ1v) is 5.75. The lowest BCUT2D eigenvalue weighted by atomic mass is 9.99. The summed E-state index contributed by atoms with van der Waals surface area (Å²) in [5, 5.41) is 0. The number of likely N-dealkylation sites (N-methyl/N-ethyl adjacent to an activating group) is 1. The SMILES string of the molecule is Cc1ccccc1[C@@H](N)CC(=O)N(C)CC(N)=O. The van der Waals surface area contributed by atoms with Crippen LogP contribution in [-0.4, -0.2) is 30.3 Å². The molecule has 0 aliphatic carbocycles. The molecule has 0 saturated carbocycles. The minimum atomic E-state index is -0.532. The minimum absolute atomic E-state index is 0.0840. The fourth-order valence-electron chi connectivity index (χ4n) is 1.78. The van der Waals surface area contributed by atoms with Crippen LogP contribution in [0, 0.1) is 6.92 Å². The smallest absolute Gasteiger partial charge is 0.237 e. The van der Waals surface area contributed by atoms with Gasteiger partial charge in [0.25, 0.3) is 0 Å². The molecule has 5 nitrogen and oxygen atoms in total. The topological polar surface area (TPSA) is 89.4 Å². The highest BCUT2D eigenvalue weighted by atomic mass is 16.2. The van der Waals surface area contributed by atoms with Crippen molar-refractivity contribution in [3.63, 3.8) is 0 Å². The number of carbonyl (C=O) groups is 2. The predicted octanol–water partition coefficient (Wildman–Crippen LogP) is 0.329. The predicted molar refractivity (Wildman–Crippen MR) is 69.6 cm³/mol. The van der Waals surface area contributed by atoms with Crippen LogP contribution in [0.2, 0.25) is 0 Å². The monoisotopic (exact) mass is 249 g/mol. The number of rotatable bonds is 5. The minimum Gasteiger partial charge on any atom is -0.368 e. The largest absolute Gasteiger partial charge is 0.368 e. The highest BCUT2D eigenvalue weighted by Crippen LogP contribution is 2.18. The van der Waals surface area contributed by atoms with Gasteiger partial charge in [0, 0.05) is 19.5 Å². The number of primary amides is 1. The first-order chi connectivity index (χ1) is 8.41. The second-order valence-corrected chi connectivity index (χ2v) is 4.38. The summed E-state index contributed by atoms with van der Waals surface area (Å²) in [6.07, 6.45) is 0.161. The van der Waals surface area contributed by atoms with Crippen LogP contribution >= 0.6 is 0 Å². The van der Waals surface area contributed by atoms with Crippen molar-refractivity contribution in [3.8, 4) is 0 Å². The van der Waals surface area contributed by atoms with Crippen LogP contribution in [-0.2, 0) is 9.59 Å². The van der Waals surface area contributed by atoms with Crippen molar-refractivity contribution >= 4 is 11.8 Å². The van der Waals surface area contributed by atoms with Gasteiger partial charge in [0.2, 0.25) is 11.8 Å². The lowest BCUT2D eigenvalue weighted by molar-refractivity contribution is -0.134. The van der Waals surface area contributed by atoms with E-state index in [9.17, 15) is 9.59 Å². The molecular formula is C13H19N3O2. The van der Waals surface area contributed by atoms with Gasteiger partial charge in [-0.2, -0.15) is 0 Å². The van der Waals surface area contributed by atoms with Gasteiger partial charge in [0.05, 0.1) is 6.54 Å². The molecule has 0 radical (unpaired) electrons. The number of amides is 2. The molecule has 98 valence electrons. The van der Waals surface area contributed by atoms with E-state index in [0.717, 1.165) is 11.1 Å². The molecule has 0 fully saturated rings. The fraction of sp³-hybridized carbons (Fsp3) is 0.385. The maximum absolute atomic E-state index is 11.8. The van der Waals surface area contributed by atoms with Gasteiger partial charge in [-0.1, -0.05) is 24.3 Å². The Kier molecular flexibility index (Phi) is 4.85. The Morgan fingerprint density at radius 2 is 1.94 bits per heavy atom. The van der Waals surface area contributed by atoms with Gasteiger partial charge in [0.1, 0.15) is 0 Å². The Hall–Kier alpha value is -1.88. The molecule has 1 atom stereocenters. The van der Waals surface area contributed by atoms with Crippen molar-refractivity contribution in [1.29, 1.82) is 0 Å². The van der Waals surface area contributed by atoms with E-state index in [1.807, 2.05) is 31.2 Å². The van der Waals surface area contributed by atoms with Crippen LogP contribution in [0.4, 0.5) is 0 Å². The number of carbonyl (C=O) groups excluding carboxylic acids is 2. The van der Waals surface area contributed by atoms with E-state index in [0.29, 0.717) is 0 Å². The van der Waals surface area contributed by atoms with Crippen molar-refractivity contribution in [1.82, 2.24) is 4.90 Å². The summed E-state index contributed by atoms with van der Waals surface area (Å²) in [5.41, 5.74) is 13.0. The second-order valence-electron chi connectivity index (χ2n) is 4.38. The molecule has 1 rings (SSSR count). The van der Waals surface area contributed by atoms with E-state index >= 15 is 0 Å². The molecule has 0 unspecified atom stereocenters. The molecule has 18 heavy (non-hydrogen) atoms. The maximum Gasteiger partial charge on any atom is 0.237 e. The van der Waals surface area contributed by atoms with E-state index in [4.69, 9.17) is 11.5 Å². The van der Waals surface area contributed by atoms with Crippen LogP contribution in [0.1, 0.15) is 23.6 Å². The summed E-state index contributed by atoms with van der Waals surface area (Å²) >= 11 is 0. The third-order valence-electron chi connectivity index (χ3n) is 2.80. The van der Waals surface area contributed by atoms with E-state index < -0.39 is 5.91 Å². The molecule has 0 bridgehead atoms. The van der Waals surface area contributed by atoms with Crippen molar-refractivity contribution in [2.45, 2.75) is 19.4 Å². The summed E-state index contributed by atoms with van der Waals surface area (Å²) in [6.45, 7) is 1.87. The first kappa shape index (κ1) is 14.2. The molecular weight excluding hydrogens is 230 g/mol. The molecule has 0 spiro atoms. The normalized spacial score (nSPS) is 11.9. The van der Waals surface area contributed by atoms with Crippen LogP contribution in [0.25, 0.3) is 0 Å². The van der Waals surface area contributed by atoms with Gasteiger partial charge in [-0.05, 0) is 18.1 Å². The number of nitrogens with zero attached hydrogens (tertiary/aromatic N) is 1. The maximum atomic E-state index is 11.8. The first-order valence-electron chi connectivity index (χ1n) is 5.75. The van der Waals surface area contributed by atoms with E-state index in [1.165, 1.54) is 11.9 Å². The molecule has 0 heterocycles. The Bertz CT molecular complexity index is 446. The Balaban J connectivity index is 2.65. The van der Waals surface area contributed by atoms with Crippen molar-refractivity contribution < 1.29 is 9.59 Å². The molecule has 0 aliphatic rings. The van der Waals surface area contributed by atoms with Crippen molar-refractivity contribution in [2.75, 3.05) is 13.6 Å². The van der Waals surface area contributed by atoms with E-state index in [1.54, 1.807) is 0 Å². The van der Waals surface area contributed by atoms with E-state index in [-0.39, 0.29) is 24.9 Å². The molecule has 1 aromatic rings. The highest BCUT2D eigenvalue weighted by Gasteiger charge is 2.17. The molecule has 4 N–H and O–H groups in total. The van der Waals surface area contributed by atoms with Gasteiger partial charge in [-0.25, -0.2) is 0 Å². The van der Waals surface area contributed by atoms with Crippen LogP contribution in [0.3, 0.4) is 0 Å². The van der Waals surface area contributed by atoms with Crippen LogP contribution in [0.15, 0.2) is 24.3 Å². The van der Waals surface area contributed by atoms with Gasteiger partial charge >= 0.3 is 0 Å². The second kappa shape index (κ2) is 6.16. The molecule has 2 amide bonds. The summed E-state index contributed by atoms with van der Waals surface area (Å²) in [4.78, 5) is 23.8. The zero-order valence-corrected chi connectivity index (χ0v) is 10.7. The number of hydrogen-bond donors (Lipinski definition) is 2. The van der Waals surface area contributed by atoms with Gasteiger partial charge in [0.15, 0.2) is 0 Å². The summed E-state index contributed by atoms with van der Waals surface area (Å²) in [6, 6.07) is 7.30. The van der Waals surface area contributed by atoms with E-state index in [2.05, 4.69) is 0 Å². The average Bonchev–Trinajstić information content (AvgIpc) is 2.28. The van der Waals surface area contributed by atoms with Gasteiger partial charge in [-0.3, -0.25) is 9.59 Å². The standard InChI is InChI=1S/C13H19N3O2/c1-9-5-3-4-6-10(9)11(14)7-13(18)16(2)8-12(15)17/h3-6,11H,7-8,14H2,1-2H3,(H2,15,17)/t11-/m0/s1. The highest BCUT2D eigenvalue weighted by molar-refractivity contribution is 5.83. The average molecular weight is 249 g/mol. The fourth-order valence-corrected chi connectivity index (χ4v) is 1.78. The lowest BCUT2D eigenvalue weighted by Gasteiger charge is -2.19. The lowest BCUT2D eigenvalue weighted by Crippen LogP contribution is -2.36. The Labute approximate surface area is 107 Å². The molecule has 0 saturated heterocycles.